The number of fused-ring (bicyclic) bond motifs is 1. The lowest BCUT2D eigenvalue weighted by Crippen LogP contribution is -2.37. The Morgan fingerprint density at radius 2 is 1.78 bits per heavy atom. The zero-order chi connectivity index (χ0) is 19.6. The molecule has 0 bridgehead atoms. The smallest absolute Gasteiger partial charge is 0.336 e. The van der Waals surface area contributed by atoms with Crippen LogP contribution in [0.1, 0.15) is 23.1 Å². The average Bonchev–Trinajstić information content (AvgIpc) is 2.77. The van der Waals surface area contributed by atoms with Crippen molar-refractivity contribution in [3.63, 3.8) is 0 Å². The van der Waals surface area contributed by atoms with Gasteiger partial charge in [0.15, 0.2) is 0 Å². The number of carbonyl (C=O) groups is 1. The molecule has 1 fully saturated rings. The van der Waals surface area contributed by atoms with E-state index >= 15 is 0 Å². The molecule has 27 heavy (non-hydrogen) atoms. The topological polar surface area (TPSA) is 57.0 Å². The number of hydrogen-bond acceptors (Lipinski definition) is 5. The number of nitrogens with zero attached hydrogens (tertiary/aromatic N) is 3. The molecule has 1 amide bonds. The molecule has 0 atom stereocenters. The van der Waals surface area contributed by atoms with Crippen LogP contribution in [0.4, 0.5) is 0 Å². The molecule has 6 heteroatoms. The molecular weight excluding hydrogens is 342 g/mol. The number of carbonyl (C=O) groups excluding carboxylic acids is 1. The lowest BCUT2D eigenvalue weighted by Gasteiger charge is -2.23. The normalized spacial score (nSPS) is 16.3. The number of rotatable bonds is 5. The Balaban J connectivity index is 1.78. The van der Waals surface area contributed by atoms with Gasteiger partial charge in [-0.25, -0.2) is 4.79 Å². The third kappa shape index (κ3) is 4.76. The van der Waals surface area contributed by atoms with E-state index < -0.39 is 0 Å². The average molecular weight is 371 g/mol. The highest BCUT2D eigenvalue weighted by Crippen LogP contribution is 2.23. The van der Waals surface area contributed by atoms with Crippen molar-refractivity contribution in [2.45, 2.75) is 26.8 Å². The van der Waals surface area contributed by atoms with Crippen LogP contribution in [0, 0.1) is 13.8 Å². The summed E-state index contributed by atoms with van der Waals surface area (Å²) in [5, 5.41) is 0.984. The summed E-state index contributed by atoms with van der Waals surface area (Å²) in [6.45, 7) is 8.62. The van der Waals surface area contributed by atoms with Crippen molar-refractivity contribution < 1.29 is 9.21 Å². The maximum Gasteiger partial charge on any atom is 0.336 e. The monoisotopic (exact) mass is 371 g/mol. The maximum absolute atomic E-state index is 12.4. The minimum absolute atomic E-state index is 0.211. The van der Waals surface area contributed by atoms with E-state index in [0.717, 1.165) is 42.7 Å². The summed E-state index contributed by atoms with van der Waals surface area (Å²) in [5.41, 5.74) is 3.58. The van der Waals surface area contributed by atoms with Gasteiger partial charge in [-0.2, -0.15) is 0 Å². The summed E-state index contributed by atoms with van der Waals surface area (Å²) in [7, 11) is 4.04. The summed E-state index contributed by atoms with van der Waals surface area (Å²) in [5.74, 6) is 0.211. The van der Waals surface area contributed by atoms with Crippen molar-refractivity contribution in [3.05, 3.63) is 45.3 Å². The number of benzene rings is 1. The van der Waals surface area contributed by atoms with E-state index in [1.807, 2.05) is 32.0 Å². The van der Waals surface area contributed by atoms with Crippen molar-refractivity contribution in [1.82, 2.24) is 14.7 Å². The van der Waals surface area contributed by atoms with Crippen LogP contribution in [0.3, 0.4) is 0 Å². The first-order chi connectivity index (χ1) is 12.8. The van der Waals surface area contributed by atoms with Gasteiger partial charge in [0, 0.05) is 57.1 Å². The van der Waals surface area contributed by atoms with Crippen LogP contribution in [0.5, 0.6) is 0 Å². The molecule has 0 unspecified atom stereocenters. The highest BCUT2D eigenvalue weighted by molar-refractivity contribution is 5.82. The molecule has 1 aromatic heterocycles. The van der Waals surface area contributed by atoms with Gasteiger partial charge in [-0.15, -0.1) is 0 Å². The molecule has 2 heterocycles. The first-order valence-electron chi connectivity index (χ1n) is 9.52. The third-order valence-corrected chi connectivity index (χ3v) is 5.34. The van der Waals surface area contributed by atoms with Crippen LogP contribution >= 0.6 is 0 Å². The Morgan fingerprint density at radius 1 is 1.04 bits per heavy atom. The van der Waals surface area contributed by atoms with Gasteiger partial charge < -0.3 is 14.2 Å². The van der Waals surface area contributed by atoms with Crippen molar-refractivity contribution in [2.24, 2.45) is 0 Å². The third-order valence-electron chi connectivity index (χ3n) is 5.34. The molecule has 0 radical (unpaired) electrons. The standard InChI is InChI=1S/C21H29N3O3/c1-15-11-18-17(13-21(26)27-19(18)12-16(15)2)14-23-6-5-20(25)24(10-8-23)9-7-22(3)4/h11-13H,5-10,14H2,1-4H3. The van der Waals surface area contributed by atoms with Crippen LogP contribution in [0.15, 0.2) is 27.4 Å². The van der Waals surface area contributed by atoms with Crippen LogP contribution in [0.25, 0.3) is 11.0 Å². The highest BCUT2D eigenvalue weighted by Gasteiger charge is 2.21. The molecule has 1 aromatic carbocycles. The quantitative estimate of drug-likeness (QED) is 0.753. The number of amides is 1. The molecule has 1 saturated heterocycles. The fraction of sp³-hybridized carbons (Fsp3) is 0.524. The zero-order valence-electron chi connectivity index (χ0n) is 16.7. The first-order valence-corrected chi connectivity index (χ1v) is 9.52. The van der Waals surface area contributed by atoms with Crippen molar-refractivity contribution in [1.29, 1.82) is 0 Å². The van der Waals surface area contributed by atoms with E-state index in [4.69, 9.17) is 4.42 Å². The van der Waals surface area contributed by atoms with Gasteiger partial charge in [0.2, 0.25) is 5.91 Å². The second-order valence-corrected chi connectivity index (χ2v) is 7.73. The molecular formula is C21H29N3O3. The fourth-order valence-corrected chi connectivity index (χ4v) is 3.48. The van der Waals surface area contributed by atoms with Crippen molar-refractivity contribution in [3.8, 4) is 0 Å². The van der Waals surface area contributed by atoms with Crippen LogP contribution < -0.4 is 5.63 Å². The van der Waals surface area contributed by atoms with E-state index in [-0.39, 0.29) is 11.5 Å². The second kappa shape index (κ2) is 8.23. The van der Waals surface area contributed by atoms with Gasteiger partial charge in [-0.1, -0.05) is 0 Å². The Labute approximate surface area is 160 Å². The van der Waals surface area contributed by atoms with E-state index in [9.17, 15) is 9.59 Å². The number of hydrogen-bond donors (Lipinski definition) is 0. The summed E-state index contributed by atoms with van der Waals surface area (Å²) in [4.78, 5) is 30.7. The van der Waals surface area contributed by atoms with Crippen LogP contribution in [-0.2, 0) is 11.3 Å². The van der Waals surface area contributed by atoms with Crippen molar-refractivity contribution in [2.75, 3.05) is 46.8 Å². The highest BCUT2D eigenvalue weighted by atomic mass is 16.4. The van der Waals surface area contributed by atoms with E-state index in [1.165, 1.54) is 5.56 Å². The van der Waals surface area contributed by atoms with E-state index in [2.05, 4.69) is 22.8 Å². The van der Waals surface area contributed by atoms with Gasteiger partial charge in [0.1, 0.15) is 5.58 Å². The number of likely N-dealkylation sites (N-methyl/N-ethyl adjacent to an activating group) is 1. The Hall–Kier alpha value is -2.18. The summed E-state index contributed by atoms with van der Waals surface area (Å²) in [6, 6.07) is 5.62. The molecule has 0 spiro atoms. The van der Waals surface area contributed by atoms with Gasteiger partial charge in [-0.05, 0) is 56.8 Å². The fourth-order valence-electron chi connectivity index (χ4n) is 3.48. The minimum atomic E-state index is -0.320. The largest absolute Gasteiger partial charge is 0.423 e. The van der Waals surface area contributed by atoms with Gasteiger partial charge in [0.25, 0.3) is 0 Å². The summed E-state index contributed by atoms with van der Waals surface area (Å²) >= 11 is 0. The molecule has 146 valence electrons. The second-order valence-electron chi connectivity index (χ2n) is 7.73. The summed E-state index contributed by atoms with van der Waals surface area (Å²) < 4.78 is 5.40. The predicted molar refractivity (Wildman–Crippen MR) is 107 cm³/mol. The molecule has 2 aromatic rings. The van der Waals surface area contributed by atoms with Crippen LogP contribution in [-0.4, -0.2) is 67.4 Å². The SMILES string of the molecule is Cc1cc2oc(=O)cc(CN3CCC(=O)N(CCN(C)C)CC3)c2cc1C. The number of aryl methyl sites for hydroxylation is 2. The molecule has 0 aliphatic carbocycles. The van der Waals surface area contributed by atoms with Crippen molar-refractivity contribution >= 4 is 16.9 Å². The summed E-state index contributed by atoms with van der Waals surface area (Å²) in [6.07, 6.45) is 0.519. The first kappa shape index (κ1) is 19.6. The zero-order valence-corrected chi connectivity index (χ0v) is 16.7. The maximum atomic E-state index is 12.4. The Kier molecular flexibility index (Phi) is 5.97. The van der Waals surface area contributed by atoms with Gasteiger partial charge >= 0.3 is 5.63 Å². The Morgan fingerprint density at radius 3 is 2.52 bits per heavy atom. The predicted octanol–water partition coefficient (Wildman–Crippen LogP) is 2.01. The molecule has 1 aliphatic heterocycles. The van der Waals surface area contributed by atoms with Crippen LogP contribution in [0.2, 0.25) is 0 Å². The molecule has 1 aliphatic rings. The van der Waals surface area contributed by atoms with Gasteiger partial charge in [-0.3, -0.25) is 9.69 Å². The molecule has 0 N–H and O–H groups in total. The van der Waals surface area contributed by atoms with Gasteiger partial charge in [0.05, 0.1) is 0 Å². The molecule has 3 rings (SSSR count). The molecule has 6 nitrogen and oxygen atoms in total. The lowest BCUT2D eigenvalue weighted by atomic mass is 10.0. The minimum Gasteiger partial charge on any atom is -0.423 e. The lowest BCUT2D eigenvalue weighted by molar-refractivity contribution is -0.130. The van der Waals surface area contributed by atoms with E-state index in [0.29, 0.717) is 25.1 Å². The molecule has 0 saturated carbocycles. The Bertz CT molecular complexity index is 888. The van der Waals surface area contributed by atoms with E-state index in [1.54, 1.807) is 6.07 Å².